The molecule has 0 radical (unpaired) electrons. The van der Waals surface area contributed by atoms with Gasteiger partial charge in [0.15, 0.2) is 0 Å². The maximum Gasteiger partial charge on any atom is 0.0237 e. The Morgan fingerprint density at radius 1 is 1.30 bits per heavy atom. The number of piperidine rings is 1. The molecule has 0 bridgehead atoms. The summed E-state index contributed by atoms with van der Waals surface area (Å²) in [5, 5.41) is 3.54. The van der Waals surface area contributed by atoms with E-state index in [4.69, 9.17) is 0 Å². The molecule has 112 valence electrons. The van der Waals surface area contributed by atoms with E-state index in [1.54, 1.807) is 5.56 Å². The van der Waals surface area contributed by atoms with E-state index in [0.29, 0.717) is 0 Å². The van der Waals surface area contributed by atoms with Gasteiger partial charge in [-0.2, -0.15) is 0 Å². The molecule has 0 aliphatic carbocycles. The molecule has 1 aromatic carbocycles. The molecule has 1 N–H and O–H groups in total. The molecule has 3 rings (SSSR count). The van der Waals surface area contributed by atoms with Gasteiger partial charge in [-0.25, -0.2) is 0 Å². The zero-order valence-corrected chi connectivity index (χ0v) is 13.5. The predicted molar refractivity (Wildman–Crippen MR) is 87.6 cm³/mol. The van der Waals surface area contributed by atoms with E-state index < -0.39 is 0 Å². The Kier molecular flexibility index (Phi) is 5.11. The molecule has 2 heterocycles. The molecule has 20 heavy (non-hydrogen) atoms. The van der Waals surface area contributed by atoms with Crippen LogP contribution in [0, 0.1) is 5.92 Å². The van der Waals surface area contributed by atoms with Gasteiger partial charge in [0.1, 0.15) is 0 Å². The summed E-state index contributed by atoms with van der Waals surface area (Å²) in [6.45, 7) is 10.8. The van der Waals surface area contributed by atoms with Gasteiger partial charge in [-0.3, -0.25) is 4.90 Å². The molecule has 1 fully saturated rings. The number of hydrogen-bond acceptors (Lipinski definition) is 2. The molecule has 0 spiro atoms. The average Bonchev–Trinajstić information content (AvgIpc) is 2.39. The second-order valence-corrected chi connectivity index (χ2v) is 6.92. The molecule has 0 amide bonds. The van der Waals surface area contributed by atoms with E-state index in [1.807, 2.05) is 0 Å². The molecule has 2 aliphatic rings. The van der Waals surface area contributed by atoms with Gasteiger partial charge >= 0.3 is 0 Å². The van der Waals surface area contributed by atoms with Gasteiger partial charge in [-0.15, -0.1) is 12.4 Å². The smallest absolute Gasteiger partial charge is 0.0237 e. The first kappa shape index (κ1) is 15.8. The molecule has 2 nitrogen and oxygen atoms in total. The molecule has 1 unspecified atom stereocenters. The molecule has 2 aliphatic heterocycles. The van der Waals surface area contributed by atoms with Crippen molar-refractivity contribution in [3.8, 4) is 0 Å². The fourth-order valence-corrected chi connectivity index (χ4v) is 3.83. The van der Waals surface area contributed by atoms with Gasteiger partial charge in [0, 0.05) is 25.0 Å². The third kappa shape index (κ3) is 3.36. The summed E-state index contributed by atoms with van der Waals surface area (Å²) in [5.41, 5.74) is 3.37. The van der Waals surface area contributed by atoms with Crippen molar-refractivity contribution in [2.75, 3.05) is 26.2 Å². The van der Waals surface area contributed by atoms with Crippen LogP contribution in [0.15, 0.2) is 24.3 Å². The Morgan fingerprint density at radius 2 is 2.10 bits per heavy atom. The largest absolute Gasteiger partial charge is 0.316 e. The van der Waals surface area contributed by atoms with Crippen LogP contribution in [0.4, 0.5) is 0 Å². The summed E-state index contributed by atoms with van der Waals surface area (Å²) in [7, 11) is 0. The number of rotatable bonds is 2. The standard InChI is InChI=1S/C17H26N2.ClH/c1-17(2)13-19(11-14-6-5-9-18-10-14)12-15-7-3-4-8-16(15)17;/h3-4,7-8,14,18H,5-6,9-13H2,1-2H3;1H. The van der Waals surface area contributed by atoms with Crippen molar-refractivity contribution >= 4 is 12.4 Å². The van der Waals surface area contributed by atoms with Crippen molar-refractivity contribution in [2.24, 2.45) is 5.92 Å². The lowest BCUT2D eigenvalue weighted by molar-refractivity contribution is 0.154. The first-order chi connectivity index (χ1) is 9.15. The van der Waals surface area contributed by atoms with Gasteiger partial charge in [0.25, 0.3) is 0 Å². The van der Waals surface area contributed by atoms with Crippen LogP contribution in [0.25, 0.3) is 0 Å². The van der Waals surface area contributed by atoms with Crippen LogP contribution < -0.4 is 5.32 Å². The van der Waals surface area contributed by atoms with Crippen LogP contribution >= 0.6 is 12.4 Å². The highest BCUT2D eigenvalue weighted by Crippen LogP contribution is 2.33. The van der Waals surface area contributed by atoms with Crippen LogP contribution in [-0.4, -0.2) is 31.1 Å². The molecule has 1 atom stereocenters. The predicted octanol–water partition coefficient (Wildman–Crippen LogP) is 3.20. The van der Waals surface area contributed by atoms with Crippen LogP contribution in [0.1, 0.15) is 37.8 Å². The monoisotopic (exact) mass is 294 g/mol. The van der Waals surface area contributed by atoms with Crippen LogP contribution in [0.3, 0.4) is 0 Å². The Bertz CT molecular complexity index is 438. The first-order valence-electron chi connectivity index (χ1n) is 7.66. The number of halogens is 1. The van der Waals surface area contributed by atoms with E-state index in [-0.39, 0.29) is 17.8 Å². The lowest BCUT2D eigenvalue weighted by atomic mass is 9.78. The van der Waals surface area contributed by atoms with Gasteiger partial charge < -0.3 is 5.32 Å². The SMILES string of the molecule is CC1(C)CN(CC2CCCNC2)Cc2ccccc21.Cl. The highest BCUT2D eigenvalue weighted by Gasteiger charge is 2.32. The fraction of sp³-hybridized carbons (Fsp3) is 0.647. The molecule has 0 saturated carbocycles. The van der Waals surface area contributed by atoms with Crippen molar-refractivity contribution in [3.63, 3.8) is 0 Å². The quantitative estimate of drug-likeness (QED) is 0.901. The molecule has 1 aromatic rings. The highest BCUT2D eigenvalue weighted by molar-refractivity contribution is 5.85. The number of nitrogens with zero attached hydrogens (tertiary/aromatic N) is 1. The topological polar surface area (TPSA) is 15.3 Å². The Labute approximate surface area is 129 Å². The lowest BCUT2D eigenvalue weighted by Crippen LogP contribution is -2.46. The van der Waals surface area contributed by atoms with Gasteiger partial charge in [-0.1, -0.05) is 38.1 Å². The highest BCUT2D eigenvalue weighted by atomic mass is 35.5. The lowest BCUT2D eigenvalue weighted by Gasteiger charge is -2.41. The summed E-state index contributed by atoms with van der Waals surface area (Å²) in [5.74, 6) is 0.842. The van der Waals surface area contributed by atoms with Gasteiger partial charge in [-0.05, 0) is 43.0 Å². The molecular formula is C17H27ClN2. The second-order valence-electron chi connectivity index (χ2n) is 6.92. The van der Waals surface area contributed by atoms with Crippen LogP contribution in [-0.2, 0) is 12.0 Å². The van der Waals surface area contributed by atoms with E-state index in [2.05, 4.69) is 48.3 Å². The van der Waals surface area contributed by atoms with Crippen molar-refractivity contribution in [3.05, 3.63) is 35.4 Å². The van der Waals surface area contributed by atoms with E-state index in [1.165, 1.54) is 44.6 Å². The van der Waals surface area contributed by atoms with Crippen molar-refractivity contribution in [1.82, 2.24) is 10.2 Å². The minimum atomic E-state index is 0. The molecular weight excluding hydrogens is 268 g/mol. The maximum atomic E-state index is 3.54. The van der Waals surface area contributed by atoms with Crippen molar-refractivity contribution in [2.45, 2.75) is 38.6 Å². The normalized spacial score (nSPS) is 25.6. The number of nitrogens with one attached hydrogen (secondary N) is 1. The van der Waals surface area contributed by atoms with Crippen molar-refractivity contribution < 1.29 is 0 Å². The minimum Gasteiger partial charge on any atom is -0.316 e. The number of fused-ring (bicyclic) bond motifs is 1. The van der Waals surface area contributed by atoms with Gasteiger partial charge in [0.2, 0.25) is 0 Å². The van der Waals surface area contributed by atoms with Gasteiger partial charge in [0.05, 0.1) is 0 Å². The third-order valence-electron chi connectivity index (χ3n) is 4.67. The van der Waals surface area contributed by atoms with E-state index in [9.17, 15) is 0 Å². The fourth-order valence-electron chi connectivity index (χ4n) is 3.83. The molecule has 3 heteroatoms. The Morgan fingerprint density at radius 3 is 2.85 bits per heavy atom. The summed E-state index contributed by atoms with van der Waals surface area (Å²) in [4.78, 5) is 2.67. The summed E-state index contributed by atoms with van der Waals surface area (Å²) < 4.78 is 0. The third-order valence-corrected chi connectivity index (χ3v) is 4.67. The zero-order valence-electron chi connectivity index (χ0n) is 12.7. The second kappa shape index (κ2) is 6.46. The zero-order chi connectivity index (χ0) is 13.3. The average molecular weight is 295 g/mol. The molecule has 0 aromatic heterocycles. The summed E-state index contributed by atoms with van der Waals surface area (Å²) >= 11 is 0. The van der Waals surface area contributed by atoms with Crippen LogP contribution in [0.2, 0.25) is 0 Å². The minimum absolute atomic E-state index is 0. The number of benzene rings is 1. The molecule has 1 saturated heterocycles. The summed E-state index contributed by atoms with van der Waals surface area (Å²) in [6, 6.07) is 8.99. The van der Waals surface area contributed by atoms with Crippen molar-refractivity contribution in [1.29, 1.82) is 0 Å². The maximum absolute atomic E-state index is 3.54. The van der Waals surface area contributed by atoms with E-state index in [0.717, 1.165) is 12.5 Å². The first-order valence-corrected chi connectivity index (χ1v) is 7.66. The summed E-state index contributed by atoms with van der Waals surface area (Å²) in [6.07, 6.45) is 2.74. The Balaban J connectivity index is 0.00000147. The van der Waals surface area contributed by atoms with Crippen LogP contribution in [0.5, 0.6) is 0 Å². The number of hydrogen-bond donors (Lipinski definition) is 1. The Hall–Kier alpha value is -0.570. The van der Waals surface area contributed by atoms with E-state index >= 15 is 0 Å².